The summed E-state index contributed by atoms with van der Waals surface area (Å²) in [6.45, 7) is 3.05. The van der Waals surface area contributed by atoms with Crippen molar-refractivity contribution in [1.82, 2.24) is 10.0 Å². The summed E-state index contributed by atoms with van der Waals surface area (Å²) in [4.78, 5) is -0.271. The molecule has 2 rings (SSSR count). The summed E-state index contributed by atoms with van der Waals surface area (Å²) in [5.74, 6) is -0.711. The van der Waals surface area contributed by atoms with E-state index < -0.39 is 15.8 Å². The molecule has 1 aromatic rings. The summed E-state index contributed by atoms with van der Waals surface area (Å²) in [5.41, 5.74) is 0.722. The summed E-state index contributed by atoms with van der Waals surface area (Å²) >= 11 is 0. The van der Waals surface area contributed by atoms with E-state index in [0.717, 1.165) is 31.4 Å². The smallest absolute Gasteiger partial charge is 0.243 e. The minimum Gasteiger partial charge on any atom is -0.314 e. The van der Waals surface area contributed by atoms with Gasteiger partial charge >= 0.3 is 0 Å². The lowest BCUT2D eigenvalue weighted by molar-refractivity contribution is 0.532. The molecule has 1 aliphatic heterocycles. The molecule has 4 nitrogen and oxygen atoms in total. The van der Waals surface area contributed by atoms with Crippen molar-refractivity contribution in [2.75, 3.05) is 13.1 Å². The minimum atomic E-state index is -3.76. The van der Waals surface area contributed by atoms with Crippen LogP contribution in [0.3, 0.4) is 0 Å². The molecule has 0 aromatic heterocycles. The van der Waals surface area contributed by atoms with Crippen molar-refractivity contribution in [3.63, 3.8) is 0 Å². The molecule has 0 amide bonds. The van der Waals surface area contributed by atoms with E-state index >= 15 is 0 Å². The van der Waals surface area contributed by atoms with Gasteiger partial charge in [-0.15, -0.1) is 0 Å². The van der Waals surface area contributed by atoms with Gasteiger partial charge in [0.05, 0.1) is 0 Å². The minimum absolute atomic E-state index is 0.271. The van der Waals surface area contributed by atoms with Crippen LogP contribution >= 0.6 is 0 Å². The summed E-state index contributed by atoms with van der Waals surface area (Å²) < 4.78 is 40.0. The highest BCUT2D eigenvalue weighted by Crippen LogP contribution is 2.16. The van der Waals surface area contributed by atoms with Crippen LogP contribution in [0.25, 0.3) is 0 Å². The Morgan fingerprint density at radius 1 is 1.47 bits per heavy atom. The number of hydrogen-bond donors (Lipinski definition) is 2. The van der Waals surface area contributed by atoms with Crippen LogP contribution in [0.4, 0.5) is 4.39 Å². The first-order valence-corrected chi connectivity index (χ1v) is 7.96. The van der Waals surface area contributed by atoms with Gasteiger partial charge in [0.15, 0.2) is 0 Å². The van der Waals surface area contributed by atoms with Crippen LogP contribution in [0.5, 0.6) is 0 Å². The molecular formula is C13H19FN2O2S. The Balaban J connectivity index is 1.99. The van der Waals surface area contributed by atoms with Gasteiger partial charge in [0.2, 0.25) is 10.0 Å². The topological polar surface area (TPSA) is 58.2 Å². The Hall–Kier alpha value is -0.980. The Morgan fingerprint density at radius 2 is 2.26 bits per heavy atom. The van der Waals surface area contributed by atoms with Crippen LogP contribution in [-0.4, -0.2) is 27.5 Å². The van der Waals surface area contributed by atoms with Gasteiger partial charge < -0.3 is 5.32 Å². The number of nitrogens with one attached hydrogen (secondary N) is 2. The fraction of sp³-hybridized carbons (Fsp3) is 0.538. The SMILES string of the molecule is Cc1ccc(F)c(S(=O)(=O)NCCC2CCCN2)c1. The van der Waals surface area contributed by atoms with Crippen LogP contribution in [-0.2, 0) is 10.0 Å². The van der Waals surface area contributed by atoms with Crippen LogP contribution < -0.4 is 10.0 Å². The Morgan fingerprint density at radius 3 is 2.95 bits per heavy atom. The average Bonchev–Trinajstić information content (AvgIpc) is 2.85. The van der Waals surface area contributed by atoms with E-state index in [4.69, 9.17) is 0 Å². The lowest BCUT2D eigenvalue weighted by atomic mass is 10.2. The van der Waals surface area contributed by atoms with Gasteiger partial charge in [-0.05, 0) is 50.4 Å². The number of hydrogen-bond acceptors (Lipinski definition) is 3. The second-order valence-electron chi connectivity index (χ2n) is 4.91. The molecule has 1 unspecified atom stereocenters. The molecule has 0 radical (unpaired) electrons. The maximum Gasteiger partial charge on any atom is 0.243 e. The fourth-order valence-corrected chi connectivity index (χ4v) is 3.47. The van der Waals surface area contributed by atoms with Crippen molar-refractivity contribution >= 4 is 10.0 Å². The lowest BCUT2D eigenvalue weighted by Gasteiger charge is -2.12. The van der Waals surface area contributed by atoms with E-state index in [-0.39, 0.29) is 4.90 Å². The fourth-order valence-electron chi connectivity index (χ4n) is 2.26. The zero-order valence-electron chi connectivity index (χ0n) is 10.9. The predicted octanol–water partition coefficient (Wildman–Crippen LogP) is 1.55. The third-order valence-corrected chi connectivity index (χ3v) is 4.80. The molecule has 1 aliphatic rings. The van der Waals surface area contributed by atoms with Crippen molar-refractivity contribution in [3.05, 3.63) is 29.6 Å². The molecule has 0 aliphatic carbocycles. The second kappa shape index (κ2) is 5.98. The zero-order valence-corrected chi connectivity index (χ0v) is 11.8. The molecule has 1 aromatic carbocycles. The van der Waals surface area contributed by atoms with Crippen LogP contribution in [0.15, 0.2) is 23.1 Å². The molecule has 0 spiro atoms. The molecule has 0 bridgehead atoms. The van der Waals surface area contributed by atoms with E-state index in [0.29, 0.717) is 12.6 Å². The van der Waals surface area contributed by atoms with Gasteiger partial charge in [-0.3, -0.25) is 0 Å². The van der Waals surface area contributed by atoms with E-state index in [1.54, 1.807) is 13.0 Å². The van der Waals surface area contributed by atoms with Crippen molar-refractivity contribution < 1.29 is 12.8 Å². The first-order valence-electron chi connectivity index (χ1n) is 6.48. The molecule has 1 saturated heterocycles. The summed E-state index contributed by atoms with van der Waals surface area (Å²) in [7, 11) is -3.76. The molecule has 6 heteroatoms. The quantitative estimate of drug-likeness (QED) is 0.863. The van der Waals surface area contributed by atoms with Gasteiger partial charge in [0.25, 0.3) is 0 Å². The van der Waals surface area contributed by atoms with E-state index in [9.17, 15) is 12.8 Å². The van der Waals surface area contributed by atoms with Gasteiger partial charge in [0.1, 0.15) is 10.7 Å². The number of rotatable bonds is 5. The van der Waals surface area contributed by atoms with Crippen molar-refractivity contribution in [2.24, 2.45) is 0 Å². The summed E-state index contributed by atoms with van der Waals surface area (Å²) in [5, 5.41) is 3.29. The van der Waals surface area contributed by atoms with E-state index in [1.807, 2.05) is 0 Å². The maximum absolute atomic E-state index is 13.6. The maximum atomic E-state index is 13.6. The first-order chi connectivity index (χ1) is 8.99. The molecular weight excluding hydrogens is 267 g/mol. The average molecular weight is 286 g/mol. The molecule has 106 valence electrons. The second-order valence-corrected chi connectivity index (χ2v) is 6.65. The Labute approximate surface area is 113 Å². The summed E-state index contributed by atoms with van der Waals surface area (Å²) in [6.07, 6.45) is 2.93. The standard InChI is InChI=1S/C13H19FN2O2S/c1-10-4-5-12(14)13(9-10)19(17,18)16-8-6-11-3-2-7-15-11/h4-5,9,11,15-16H,2-3,6-8H2,1H3. The molecule has 2 N–H and O–H groups in total. The van der Waals surface area contributed by atoms with Crippen LogP contribution in [0.2, 0.25) is 0 Å². The monoisotopic (exact) mass is 286 g/mol. The number of aryl methyl sites for hydroxylation is 1. The molecule has 0 saturated carbocycles. The summed E-state index contributed by atoms with van der Waals surface area (Å²) in [6, 6.07) is 4.45. The van der Waals surface area contributed by atoms with Crippen molar-refractivity contribution in [3.8, 4) is 0 Å². The molecule has 1 fully saturated rings. The van der Waals surface area contributed by atoms with Gasteiger partial charge in [-0.1, -0.05) is 6.07 Å². The van der Waals surface area contributed by atoms with Gasteiger partial charge in [-0.2, -0.15) is 0 Å². The lowest BCUT2D eigenvalue weighted by Crippen LogP contribution is -2.31. The van der Waals surface area contributed by atoms with Gasteiger partial charge in [-0.25, -0.2) is 17.5 Å². The Bertz CT molecular complexity index is 540. The zero-order chi connectivity index (χ0) is 13.9. The highest BCUT2D eigenvalue weighted by atomic mass is 32.2. The normalized spacial score (nSPS) is 19.8. The van der Waals surface area contributed by atoms with E-state index in [1.165, 1.54) is 12.1 Å². The first kappa shape index (κ1) is 14.4. The highest BCUT2D eigenvalue weighted by molar-refractivity contribution is 7.89. The molecule has 1 heterocycles. The molecule has 1 atom stereocenters. The highest BCUT2D eigenvalue weighted by Gasteiger charge is 2.20. The van der Waals surface area contributed by atoms with Crippen LogP contribution in [0, 0.1) is 12.7 Å². The van der Waals surface area contributed by atoms with Crippen molar-refractivity contribution in [1.29, 1.82) is 0 Å². The van der Waals surface area contributed by atoms with Crippen LogP contribution in [0.1, 0.15) is 24.8 Å². The number of halogens is 1. The third-order valence-electron chi connectivity index (χ3n) is 3.32. The number of sulfonamides is 1. The van der Waals surface area contributed by atoms with Crippen molar-refractivity contribution in [2.45, 2.75) is 37.1 Å². The van der Waals surface area contributed by atoms with E-state index in [2.05, 4.69) is 10.0 Å². The largest absolute Gasteiger partial charge is 0.314 e. The van der Waals surface area contributed by atoms with Gasteiger partial charge in [0, 0.05) is 12.6 Å². The predicted molar refractivity (Wildman–Crippen MR) is 72.0 cm³/mol. The molecule has 19 heavy (non-hydrogen) atoms. The number of benzene rings is 1. The Kier molecular flexibility index (Phi) is 4.54. The third kappa shape index (κ3) is 3.75.